The Morgan fingerprint density at radius 2 is 1.58 bits per heavy atom. The minimum atomic E-state index is 0.0532. The molecule has 0 aromatic carbocycles. The first-order valence-electron chi connectivity index (χ1n) is 4.24. The summed E-state index contributed by atoms with van der Waals surface area (Å²) in [5.41, 5.74) is 6.26. The van der Waals surface area contributed by atoms with Gasteiger partial charge in [-0.25, -0.2) is 0 Å². The van der Waals surface area contributed by atoms with Gasteiger partial charge in [0.1, 0.15) is 0 Å². The summed E-state index contributed by atoms with van der Waals surface area (Å²) in [5, 5.41) is 0. The van der Waals surface area contributed by atoms with E-state index in [4.69, 9.17) is 5.73 Å². The van der Waals surface area contributed by atoms with E-state index in [-0.39, 0.29) is 6.04 Å². The van der Waals surface area contributed by atoms with Crippen molar-refractivity contribution < 1.29 is 0 Å². The summed E-state index contributed by atoms with van der Waals surface area (Å²) in [7, 11) is 0. The highest BCUT2D eigenvalue weighted by Gasteiger charge is 1.90. The fourth-order valence-corrected chi connectivity index (χ4v) is 0.186. The molecule has 1 atom stereocenters. The molecule has 12 heavy (non-hydrogen) atoms. The van der Waals surface area contributed by atoms with Crippen LogP contribution >= 0.6 is 0 Å². The van der Waals surface area contributed by atoms with E-state index in [1.54, 1.807) is 12.2 Å². The van der Waals surface area contributed by atoms with Crippen LogP contribution in [0.2, 0.25) is 0 Å². The quantitative estimate of drug-likeness (QED) is 0.498. The number of hydrogen-bond donors (Lipinski definition) is 1. The first-order chi connectivity index (χ1) is 5.59. The lowest BCUT2D eigenvalue weighted by molar-refractivity contribution is 0.890. The molecule has 0 aromatic heterocycles. The average Bonchev–Trinajstić information content (AvgIpc) is 2.08. The van der Waals surface area contributed by atoms with Gasteiger partial charge < -0.3 is 5.73 Å². The molecule has 1 nitrogen and oxygen atoms in total. The summed E-state index contributed by atoms with van der Waals surface area (Å²) in [5.74, 6) is 0. The Morgan fingerprint density at radius 1 is 1.33 bits per heavy atom. The molecule has 0 spiro atoms. The summed E-state index contributed by atoms with van der Waals surface area (Å²) in [6, 6.07) is 0.0532. The van der Waals surface area contributed by atoms with Crippen LogP contribution in [0.4, 0.5) is 0 Å². The molecule has 0 bridgehead atoms. The first kappa shape index (κ1) is 17.3. The van der Waals surface area contributed by atoms with E-state index in [2.05, 4.69) is 19.7 Å². The molecule has 0 heterocycles. The molecule has 0 aromatic rings. The molecule has 1 heteroatoms. The molecule has 0 saturated heterocycles. The van der Waals surface area contributed by atoms with E-state index in [0.717, 1.165) is 5.57 Å². The van der Waals surface area contributed by atoms with E-state index < -0.39 is 0 Å². The predicted octanol–water partition coefficient (Wildman–Crippen LogP) is 3.29. The standard InChI is InChI=1S/C6H11N.C3H6.C2H6/c1-4-5(2)6(3)7;1-3-2;1-2/h4,6H,1-2,7H2,3H3;3H,1H2,2H3;1-2H3. The number of allylic oxidation sites excluding steroid dienone is 1. The highest BCUT2D eigenvalue weighted by molar-refractivity contribution is 5.16. The van der Waals surface area contributed by atoms with E-state index in [0.29, 0.717) is 0 Å². The predicted molar refractivity (Wildman–Crippen MR) is 60.2 cm³/mol. The van der Waals surface area contributed by atoms with Crippen molar-refractivity contribution in [3.63, 3.8) is 0 Å². The third-order valence-corrected chi connectivity index (χ3v) is 0.847. The zero-order valence-corrected chi connectivity index (χ0v) is 8.93. The number of nitrogens with two attached hydrogens (primary N) is 1. The first-order valence-corrected chi connectivity index (χ1v) is 4.24. The van der Waals surface area contributed by atoms with Crippen LogP contribution in [-0.4, -0.2) is 6.04 Å². The summed E-state index contributed by atoms with van der Waals surface area (Å²) in [4.78, 5) is 0. The van der Waals surface area contributed by atoms with Crippen molar-refractivity contribution in [1.29, 1.82) is 0 Å². The SMILES string of the molecule is C=CC.C=CC(=C)C(C)N.CC. The van der Waals surface area contributed by atoms with Crippen molar-refractivity contribution in [2.75, 3.05) is 0 Å². The Balaban J connectivity index is -0.000000137. The molecule has 2 N–H and O–H groups in total. The normalized spacial score (nSPS) is 9.08. The summed E-state index contributed by atoms with van der Waals surface area (Å²) < 4.78 is 0. The van der Waals surface area contributed by atoms with Crippen LogP contribution in [0.5, 0.6) is 0 Å². The van der Waals surface area contributed by atoms with Crippen molar-refractivity contribution in [3.05, 3.63) is 37.5 Å². The van der Waals surface area contributed by atoms with Crippen molar-refractivity contribution in [2.45, 2.75) is 33.7 Å². The maximum Gasteiger partial charge on any atom is 0.0259 e. The Hall–Kier alpha value is -0.820. The van der Waals surface area contributed by atoms with E-state index in [9.17, 15) is 0 Å². The lowest BCUT2D eigenvalue weighted by atomic mass is 10.2. The molecule has 0 aliphatic heterocycles. The Morgan fingerprint density at radius 3 is 1.58 bits per heavy atom. The molecule has 0 radical (unpaired) electrons. The minimum absolute atomic E-state index is 0.0532. The van der Waals surface area contributed by atoms with Gasteiger partial charge in [0.15, 0.2) is 0 Å². The van der Waals surface area contributed by atoms with Crippen LogP contribution in [0.3, 0.4) is 0 Å². The monoisotopic (exact) mass is 169 g/mol. The zero-order chi connectivity index (χ0) is 10.6. The summed E-state index contributed by atoms with van der Waals surface area (Å²) in [6.07, 6.45) is 3.42. The second kappa shape index (κ2) is 16.6. The van der Waals surface area contributed by atoms with Crippen molar-refractivity contribution in [1.82, 2.24) is 0 Å². The Labute approximate surface area is 77.7 Å². The number of hydrogen-bond acceptors (Lipinski definition) is 1. The van der Waals surface area contributed by atoms with Crippen molar-refractivity contribution in [2.24, 2.45) is 5.73 Å². The lowest BCUT2D eigenvalue weighted by Crippen LogP contribution is -2.15. The van der Waals surface area contributed by atoms with Gasteiger partial charge in [0.05, 0.1) is 0 Å². The van der Waals surface area contributed by atoms with Gasteiger partial charge in [-0.3, -0.25) is 0 Å². The Bertz CT molecular complexity index is 112. The van der Waals surface area contributed by atoms with Crippen LogP contribution in [-0.2, 0) is 0 Å². The maximum absolute atomic E-state index is 5.38. The number of rotatable bonds is 2. The minimum Gasteiger partial charge on any atom is -0.324 e. The topological polar surface area (TPSA) is 26.0 Å². The van der Waals surface area contributed by atoms with Crippen molar-refractivity contribution >= 4 is 0 Å². The molecule has 0 amide bonds. The Kier molecular flexibility index (Phi) is 24.0. The second-order valence-electron chi connectivity index (χ2n) is 1.98. The van der Waals surface area contributed by atoms with Crippen LogP contribution in [0, 0.1) is 0 Å². The second-order valence-corrected chi connectivity index (χ2v) is 1.98. The van der Waals surface area contributed by atoms with Gasteiger partial charge in [0.2, 0.25) is 0 Å². The smallest absolute Gasteiger partial charge is 0.0259 e. The summed E-state index contributed by atoms with van der Waals surface area (Å²) in [6.45, 7) is 18.3. The molecule has 1 unspecified atom stereocenters. The van der Waals surface area contributed by atoms with Gasteiger partial charge in [0, 0.05) is 6.04 Å². The van der Waals surface area contributed by atoms with Crippen molar-refractivity contribution in [3.8, 4) is 0 Å². The zero-order valence-electron chi connectivity index (χ0n) is 8.93. The molecule has 0 fully saturated rings. The third-order valence-electron chi connectivity index (χ3n) is 0.847. The van der Waals surface area contributed by atoms with Crippen LogP contribution in [0.15, 0.2) is 37.5 Å². The maximum atomic E-state index is 5.38. The fraction of sp³-hybridized carbons (Fsp3) is 0.455. The van der Waals surface area contributed by atoms with E-state index in [1.165, 1.54) is 0 Å². The summed E-state index contributed by atoms with van der Waals surface area (Å²) >= 11 is 0. The highest BCUT2D eigenvalue weighted by Crippen LogP contribution is 1.93. The average molecular weight is 169 g/mol. The molecule has 0 saturated carbocycles. The van der Waals surface area contributed by atoms with Crippen LogP contribution in [0.25, 0.3) is 0 Å². The fourth-order valence-electron chi connectivity index (χ4n) is 0.186. The molecule has 0 aliphatic carbocycles. The molecular formula is C11H23N. The molecular weight excluding hydrogens is 146 g/mol. The van der Waals surface area contributed by atoms with E-state index >= 15 is 0 Å². The van der Waals surface area contributed by atoms with Gasteiger partial charge in [-0.2, -0.15) is 0 Å². The van der Waals surface area contributed by atoms with Gasteiger partial charge in [-0.05, 0) is 19.4 Å². The lowest BCUT2D eigenvalue weighted by Gasteiger charge is -2.00. The highest BCUT2D eigenvalue weighted by atomic mass is 14.6. The molecule has 0 rings (SSSR count). The van der Waals surface area contributed by atoms with Gasteiger partial charge in [0.25, 0.3) is 0 Å². The van der Waals surface area contributed by atoms with Crippen LogP contribution in [0.1, 0.15) is 27.7 Å². The van der Waals surface area contributed by atoms with E-state index in [1.807, 2.05) is 27.7 Å². The molecule has 72 valence electrons. The largest absolute Gasteiger partial charge is 0.324 e. The van der Waals surface area contributed by atoms with Gasteiger partial charge in [-0.1, -0.05) is 39.2 Å². The van der Waals surface area contributed by atoms with Gasteiger partial charge in [-0.15, -0.1) is 6.58 Å². The van der Waals surface area contributed by atoms with Gasteiger partial charge >= 0.3 is 0 Å². The molecule has 0 aliphatic rings. The third kappa shape index (κ3) is 22.9. The van der Waals surface area contributed by atoms with Crippen LogP contribution < -0.4 is 5.73 Å².